The van der Waals surface area contributed by atoms with Crippen molar-refractivity contribution >= 4 is 11.5 Å². The molecule has 2 nitrogen and oxygen atoms in total. The average molecular weight is 218 g/mol. The van der Waals surface area contributed by atoms with Crippen LogP contribution in [0, 0.1) is 12.8 Å². The van der Waals surface area contributed by atoms with E-state index in [4.69, 9.17) is 4.74 Å². The maximum absolute atomic E-state index is 11.6. The molecule has 1 aromatic carbocycles. The molecular weight excluding hydrogens is 200 g/mol. The summed E-state index contributed by atoms with van der Waals surface area (Å²) in [4.78, 5) is 11.6. The van der Waals surface area contributed by atoms with Gasteiger partial charge in [-0.05, 0) is 24.5 Å². The fourth-order valence-electron chi connectivity index (χ4n) is 1.74. The van der Waals surface area contributed by atoms with Crippen LogP contribution in [0.5, 0.6) is 0 Å². The Morgan fingerprint density at radius 1 is 1.50 bits per heavy atom. The lowest BCUT2D eigenvalue weighted by Gasteiger charge is -2.16. The largest absolute Gasteiger partial charge is 0.469 e. The topological polar surface area (TPSA) is 26.3 Å². The van der Waals surface area contributed by atoms with E-state index in [0.717, 1.165) is 11.1 Å². The van der Waals surface area contributed by atoms with Crippen molar-refractivity contribution in [1.29, 1.82) is 0 Å². The Balaban J connectivity index is 2.95. The molecular formula is C14H18O2. The van der Waals surface area contributed by atoms with Crippen molar-refractivity contribution in [2.45, 2.75) is 20.3 Å². The van der Waals surface area contributed by atoms with Gasteiger partial charge in [-0.25, -0.2) is 0 Å². The molecule has 0 amide bonds. The minimum Gasteiger partial charge on any atom is -0.469 e. The molecule has 0 radical (unpaired) electrons. The van der Waals surface area contributed by atoms with Crippen LogP contribution in [0.4, 0.5) is 0 Å². The minimum atomic E-state index is -0.244. The lowest BCUT2D eigenvalue weighted by Crippen LogP contribution is -2.16. The van der Waals surface area contributed by atoms with Crippen LogP contribution in [0.25, 0.3) is 5.57 Å². The SMILES string of the molecule is C=C(c1cccc(C)c1)C(CC)C(=O)OC. The molecule has 0 saturated heterocycles. The molecule has 0 aliphatic rings. The number of aryl methyl sites for hydroxylation is 1. The standard InChI is InChI=1S/C14H18O2/c1-5-13(14(15)16-4)11(3)12-8-6-7-10(2)9-12/h6-9,13H,3,5H2,1-2,4H3. The fraction of sp³-hybridized carbons (Fsp3) is 0.357. The Kier molecular flexibility index (Phi) is 4.29. The third-order valence-corrected chi connectivity index (χ3v) is 2.70. The molecule has 0 fully saturated rings. The van der Waals surface area contributed by atoms with E-state index in [1.54, 1.807) is 0 Å². The summed E-state index contributed by atoms with van der Waals surface area (Å²) in [6.07, 6.45) is 0.708. The molecule has 1 rings (SSSR count). The van der Waals surface area contributed by atoms with Crippen LogP contribution in [0.15, 0.2) is 30.8 Å². The fourth-order valence-corrected chi connectivity index (χ4v) is 1.74. The lowest BCUT2D eigenvalue weighted by atomic mass is 9.91. The predicted octanol–water partition coefficient (Wildman–Crippen LogP) is 3.21. The van der Waals surface area contributed by atoms with Crippen LogP contribution in [-0.2, 0) is 9.53 Å². The van der Waals surface area contributed by atoms with Crippen LogP contribution < -0.4 is 0 Å². The number of hydrogen-bond donors (Lipinski definition) is 0. The van der Waals surface area contributed by atoms with E-state index in [0.29, 0.717) is 6.42 Å². The smallest absolute Gasteiger partial charge is 0.313 e. The van der Waals surface area contributed by atoms with Gasteiger partial charge in [-0.3, -0.25) is 4.79 Å². The number of ether oxygens (including phenoxy) is 1. The van der Waals surface area contributed by atoms with Crippen molar-refractivity contribution in [3.8, 4) is 0 Å². The van der Waals surface area contributed by atoms with Gasteiger partial charge in [0, 0.05) is 0 Å². The second-order valence-corrected chi connectivity index (χ2v) is 3.88. The zero-order valence-electron chi connectivity index (χ0n) is 10.1. The summed E-state index contributed by atoms with van der Waals surface area (Å²) in [5.74, 6) is -0.458. The number of esters is 1. The highest BCUT2D eigenvalue weighted by Crippen LogP contribution is 2.25. The molecule has 0 aliphatic carbocycles. The Hall–Kier alpha value is -1.57. The average Bonchev–Trinajstić information content (AvgIpc) is 2.29. The van der Waals surface area contributed by atoms with Crippen molar-refractivity contribution in [2.24, 2.45) is 5.92 Å². The van der Waals surface area contributed by atoms with Crippen molar-refractivity contribution in [2.75, 3.05) is 7.11 Å². The maximum atomic E-state index is 11.6. The van der Waals surface area contributed by atoms with E-state index in [2.05, 4.69) is 6.58 Å². The molecule has 2 heteroatoms. The Morgan fingerprint density at radius 3 is 2.69 bits per heavy atom. The van der Waals surface area contributed by atoms with Gasteiger partial charge in [0.25, 0.3) is 0 Å². The molecule has 0 saturated carbocycles. The van der Waals surface area contributed by atoms with Crippen LogP contribution >= 0.6 is 0 Å². The monoisotopic (exact) mass is 218 g/mol. The highest BCUT2D eigenvalue weighted by molar-refractivity contribution is 5.87. The third kappa shape index (κ3) is 2.72. The molecule has 1 unspecified atom stereocenters. The van der Waals surface area contributed by atoms with Crippen LogP contribution in [0.1, 0.15) is 24.5 Å². The zero-order valence-corrected chi connectivity index (χ0v) is 10.1. The molecule has 0 heterocycles. The van der Waals surface area contributed by atoms with Gasteiger partial charge in [-0.15, -0.1) is 0 Å². The van der Waals surface area contributed by atoms with Gasteiger partial charge in [-0.1, -0.05) is 43.3 Å². The summed E-state index contributed by atoms with van der Waals surface area (Å²) in [5, 5.41) is 0. The second kappa shape index (κ2) is 5.50. The third-order valence-electron chi connectivity index (χ3n) is 2.70. The highest BCUT2D eigenvalue weighted by Gasteiger charge is 2.21. The number of rotatable bonds is 4. The molecule has 1 atom stereocenters. The van der Waals surface area contributed by atoms with E-state index in [9.17, 15) is 4.79 Å². The molecule has 0 aliphatic heterocycles. The van der Waals surface area contributed by atoms with Gasteiger partial charge in [0.2, 0.25) is 0 Å². The first kappa shape index (κ1) is 12.5. The lowest BCUT2D eigenvalue weighted by molar-refractivity contribution is -0.143. The normalized spacial score (nSPS) is 11.9. The molecule has 0 bridgehead atoms. The molecule has 86 valence electrons. The van der Waals surface area contributed by atoms with E-state index >= 15 is 0 Å². The minimum absolute atomic E-state index is 0.214. The molecule has 0 N–H and O–H groups in total. The predicted molar refractivity (Wildman–Crippen MR) is 66.0 cm³/mol. The van der Waals surface area contributed by atoms with Gasteiger partial charge in [0.05, 0.1) is 13.0 Å². The van der Waals surface area contributed by atoms with Crippen molar-refractivity contribution < 1.29 is 9.53 Å². The molecule has 0 aromatic heterocycles. The van der Waals surface area contributed by atoms with Gasteiger partial charge in [0.1, 0.15) is 0 Å². The summed E-state index contributed by atoms with van der Waals surface area (Å²) in [6.45, 7) is 7.99. The Bertz CT molecular complexity index is 393. The molecule has 0 spiro atoms. The van der Waals surface area contributed by atoms with Gasteiger partial charge < -0.3 is 4.74 Å². The van der Waals surface area contributed by atoms with Crippen LogP contribution in [0.2, 0.25) is 0 Å². The summed E-state index contributed by atoms with van der Waals surface area (Å²) in [5.41, 5.74) is 3.01. The van der Waals surface area contributed by atoms with Crippen molar-refractivity contribution in [1.82, 2.24) is 0 Å². The number of carbonyl (C=O) groups is 1. The van der Waals surface area contributed by atoms with E-state index < -0.39 is 0 Å². The number of benzene rings is 1. The summed E-state index contributed by atoms with van der Waals surface area (Å²) in [7, 11) is 1.41. The summed E-state index contributed by atoms with van der Waals surface area (Å²) >= 11 is 0. The summed E-state index contributed by atoms with van der Waals surface area (Å²) < 4.78 is 4.78. The van der Waals surface area contributed by atoms with Crippen molar-refractivity contribution in [3.05, 3.63) is 42.0 Å². The molecule has 16 heavy (non-hydrogen) atoms. The summed E-state index contributed by atoms with van der Waals surface area (Å²) in [6, 6.07) is 8.00. The number of hydrogen-bond acceptors (Lipinski definition) is 2. The Morgan fingerprint density at radius 2 is 2.19 bits per heavy atom. The zero-order chi connectivity index (χ0) is 12.1. The number of methoxy groups -OCH3 is 1. The number of carbonyl (C=O) groups excluding carboxylic acids is 1. The van der Waals surface area contributed by atoms with Gasteiger partial charge >= 0.3 is 5.97 Å². The van der Waals surface area contributed by atoms with Crippen LogP contribution in [0.3, 0.4) is 0 Å². The highest BCUT2D eigenvalue weighted by atomic mass is 16.5. The van der Waals surface area contributed by atoms with E-state index in [-0.39, 0.29) is 11.9 Å². The van der Waals surface area contributed by atoms with Gasteiger partial charge in [-0.2, -0.15) is 0 Å². The first-order valence-electron chi connectivity index (χ1n) is 5.43. The van der Waals surface area contributed by atoms with Gasteiger partial charge in [0.15, 0.2) is 0 Å². The van der Waals surface area contributed by atoms with Crippen LogP contribution in [-0.4, -0.2) is 13.1 Å². The Labute approximate surface area is 96.9 Å². The van der Waals surface area contributed by atoms with E-state index in [1.165, 1.54) is 12.7 Å². The molecule has 1 aromatic rings. The first-order valence-corrected chi connectivity index (χ1v) is 5.43. The second-order valence-electron chi connectivity index (χ2n) is 3.88. The first-order chi connectivity index (χ1) is 7.60. The van der Waals surface area contributed by atoms with E-state index in [1.807, 2.05) is 38.1 Å². The quantitative estimate of drug-likeness (QED) is 0.725. The maximum Gasteiger partial charge on any atom is 0.313 e. The van der Waals surface area contributed by atoms with Crippen molar-refractivity contribution in [3.63, 3.8) is 0 Å².